The van der Waals surface area contributed by atoms with Crippen molar-refractivity contribution in [3.05, 3.63) is 23.8 Å². The van der Waals surface area contributed by atoms with Gasteiger partial charge in [-0.05, 0) is 30.5 Å². The molecule has 26 heavy (non-hydrogen) atoms. The van der Waals surface area contributed by atoms with E-state index in [1.165, 1.54) is 13.2 Å². The minimum Gasteiger partial charge on any atom is -0.493 e. The summed E-state index contributed by atoms with van der Waals surface area (Å²) in [6, 6.07) is 5.32. The molecule has 5 nitrogen and oxygen atoms in total. The summed E-state index contributed by atoms with van der Waals surface area (Å²) in [4.78, 5) is 0. The average molecular weight is 375 g/mol. The summed E-state index contributed by atoms with van der Waals surface area (Å²) in [5, 5.41) is 3.48. The summed E-state index contributed by atoms with van der Waals surface area (Å²) >= 11 is 0. The van der Waals surface area contributed by atoms with Crippen LogP contribution in [0.3, 0.4) is 0 Å². The Hall–Kier alpha value is -1.51. The van der Waals surface area contributed by atoms with Gasteiger partial charge < -0.3 is 24.3 Å². The van der Waals surface area contributed by atoms with E-state index >= 15 is 0 Å². The zero-order chi connectivity index (χ0) is 18.6. The van der Waals surface area contributed by atoms with Gasteiger partial charge in [-0.1, -0.05) is 6.07 Å². The molecule has 0 aromatic heterocycles. The van der Waals surface area contributed by atoms with Gasteiger partial charge >= 0.3 is 6.18 Å². The number of hydrogen-bond acceptors (Lipinski definition) is 5. The highest BCUT2D eigenvalue weighted by atomic mass is 19.4. The highest BCUT2D eigenvalue weighted by Gasteiger charge is 2.40. The first-order valence-corrected chi connectivity index (χ1v) is 8.77. The smallest absolute Gasteiger partial charge is 0.422 e. The fourth-order valence-electron chi connectivity index (χ4n) is 3.41. The molecule has 0 radical (unpaired) electrons. The molecule has 1 aromatic carbocycles. The molecule has 0 bridgehead atoms. The molecule has 1 aliphatic carbocycles. The van der Waals surface area contributed by atoms with Gasteiger partial charge in [-0.15, -0.1) is 0 Å². The van der Waals surface area contributed by atoms with E-state index in [1.54, 1.807) is 12.1 Å². The van der Waals surface area contributed by atoms with E-state index in [1.807, 2.05) is 0 Å². The normalized spacial score (nSPS) is 20.5. The molecule has 146 valence electrons. The molecule has 2 aliphatic rings. The number of benzene rings is 1. The molecular weight excluding hydrogens is 351 g/mol. The molecule has 1 saturated carbocycles. The lowest BCUT2D eigenvalue weighted by Crippen LogP contribution is -2.41. The highest BCUT2D eigenvalue weighted by Crippen LogP contribution is 2.36. The Bertz CT molecular complexity index is 593. The number of nitrogens with one attached hydrogen (secondary N) is 1. The monoisotopic (exact) mass is 375 g/mol. The minimum atomic E-state index is -4.38. The third kappa shape index (κ3) is 5.02. The van der Waals surface area contributed by atoms with Crippen molar-refractivity contribution >= 4 is 0 Å². The lowest BCUT2D eigenvalue weighted by atomic mass is 9.90. The first kappa shape index (κ1) is 19.3. The van der Waals surface area contributed by atoms with Crippen molar-refractivity contribution < 1.29 is 32.1 Å². The fourth-order valence-corrected chi connectivity index (χ4v) is 3.41. The van der Waals surface area contributed by atoms with Crippen LogP contribution in [0.1, 0.15) is 31.2 Å². The van der Waals surface area contributed by atoms with Gasteiger partial charge in [0.05, 0.1) is 20.3 Å². The predicted octanol–water partition coefficient (Wildman–Crippen LogP) is 3.41. The topological polar surface area (TPSA) is 49.0 Å². The molecule has 1 aromatic rings. The molecule has 0 atom stereocenters. The number of halogens is 3. The summed E-state index contributed by atoms with van der Waals surface area (Å²) in [7, 11) is 1.41. The Labute approximate surface area is 150 Å². The average Bonchev–Trinajstić information content (AvgIpc) is 3.07. The molecule has 1 spiro atoms. The van der Waals surface area contributed by atoms with Crippen LogP contribution in [0.15, 0.2) is 18.2 Å². The van der Waals surface area contributed by atoms with E-state index in [0.717, 1.165) is 31.2 Å². The third-order valence-electron chi connectivity index (χ3n) is 4.78. The van der Waals surface area contributed by atoms with Crippen LogP contribution in [-0.2, 0) is 16.0 Å². The van der Waals surface area contributed by atoms with Crippen molar-refractivity contribution in [2.24, 2.45) is 0 Å². The largest absolute Gasteiger partial charge is 0.493 e. The van der Waals surface area contributed by atoms with Gasteiger partial charge in [0, 0.05) is 25.4 Å². The quantitative estimate of drug-likeness (QED) is 0.826. The van der Waals surface area contributed by atoms with Gasteiger partial charge in [0.25, 0.3) is 0 Å². The fraction of sp³-hybridized carbons (Fsp3) is 0.667. The van der Waals surface area contributed by atoms with E-state index in [-0.39, 0.29) is 11.5 Å². The second kappa shape index (κ2) is 8.02. The van der Waals surface area contributed by atoms with Crippen LogP contribution >= 0.6 is 0 Å². The van der Waals surface area contributed by atoms with Gasteiger partial charge in [0.2, 0.25) is 0 Å². The standard InChI is InChI=1S/C18H24F3NO4/c1-23-16-10-13(2-3-15(16)24-12-18(19,20)21)11-22-14-4-6-17(7-5-14)25-8-9-26-17/h2-3,10,14,22H,4-9,11-12H2,1H3. The van der Waals surface area contributed by atoms with Crippen LogP contribution in [0.4, 0.5) is 13.2 Å². The SMILES string of the molecule is COc1cc(CNC2CCC3(CC2)OCCO3)ccc1OCC(F)(F)F. The summed E-state index contributed by atoms with van der Waals surface area (Å²) in [5.41, 5.74) is 0.926. The number of hydrogen-bond donors (Lipinski definition) is 1. The first-order chi connectivity index (χ1) is 12.4. The number of alkyl halides is 3. The van der Waals surface area contributed by atoms with Crippen molar-refractivity contribution in [1.82, 2.24) is 5.32 Å². The lowest BCUT2D eigenvalue weighted by molar-refractivity contribution is -0.179. The highest BCUT2D eigenvalue weighted by molar-refractivity contribution is 5.43. The molecule has 1 saturated heterocycles. The predicted molar refractivity (Wildman–Crippen MR) is 88.3 cm³/mol. The molecule has 0 unspecified atom stereocenters. The van der Waals surface area contributed by atoms with Gasteiger partial charge in [0.15, 0.2) is 23.9 Å². The molecule has 1 aliphatic heterocycles. The maximum atomic E-state index is 12.3. The molecule has 3 rings (SSSR count). The second-order valence-electron chi connectivity index (χ2n) is 6.65. The van der Waals surface area contributed by atoms with E-state index in [4.69, 9.17) is 18.9 Å². The van der Waals surface area contributed by atoms with Crippen molar-refractivity contribution in [3.63, 3.8) is 0 Å². The third-order valence-corrected chi connectivity index (χ3v) is 4.78. The second-order valence-corrected chi connectivity index (χ2v) is 6.65. The van der Waals surface area contributed by atoms with Crippen LogP contribution in [0.5, 0.6) is 11.5 Å². The maximum absolute atomic E-state index is 12.3. The molecule has 1 heterocycles. The summed E-state index contributed by atoms with van der Waals surface area (Å²) in [5.74, 6) is 0.00593. The van der Waals surface area contributed by atoms with Crippen molar-refractivity contribution in [1.29, 1.82) is 0 Å². The van der Waals surface area contributed by atoms with Crippen LogP contribution in [0, 0.1) is 0 Å². The lowest BCUT2D eigenvalue weighted by Gasteiger charge is -2.35. The zero-order valence-electron chi connectivity index (χ0n) is 14.7. The minimum absolute atomic E-state index is 0.0868. The summed E-state index contributed by atoms with van der Waals surface area (Å²) in [6.07, 6.45) is -0.708. The van der Waals surface area contributed by atoms with Gasteiger partial charge in [-0.3, -0.25) is 0 Å². The van der Waals surface area contributed by atoms with E-state index in [0.29, 0.717) is 31.5 Å². The Morgan fingerprint density at radius 2 is 1.85 bits per heavy atom. The van der Waals surface area contributed by atoms with Gasteiger partial charge in [-0.2, -0.15) is 13.2 Å². The molecule has 2 fully saturated rings. The van der Waals surface area contributed by atoms with Crippen molar-refractivity contribution in [2.45, 2.75) is 50.2 Å². The van der Waals surface area contributed by atoms with Crippen LogP contribution in [0.25, 0.3) is 0 Å². The van der Waals surface area contributed by atoms with Gasteiger partial charge in [0.1, 0.15) is 0 Å². The Kier molecular flexibility index (Phi) is 5.94. The van der Waals surface area contributed by atoms with Crippen molar-refractivity contribution in [3.8, 4) is 11.5 Å². The zero-order valence-corrected chi connectivity index (χ0v) is 14.7. The van der Waals surface area contributed by atoms with Gasteiger partial charge in [-0.25, -0.2) is 0 Å². The van der Waals surface area contributed by atoms with E-state index < -0.39 is 12.8 Å². The molecule has 8 heteroatoms. The summed E-state index contributed by atoms with van der Waals surface area (Å²) < 4.78 is 58.3. The van der Waals surface area contributed by atoms with E-state index in [2.05, 4.69) is 5.32 Å². The summed E-state index contributed by atoms with van der Waals surface area (Å²) in [6.45, 7) is 0.603. The van der Waals surface area contributed by atoms with E-state index in [9.17, 15) is 13.2 Å². The first-order valence-electron chi connectivity index (χ1n) is 8.77. The molecule has 1 N–H and O–H groups in total. The Morgan fingerprint density at radius 1 is 1.15 bits per heavy atom. The van der Waals surface area contributed by atoms with Crippen LogP contribution in [0.2, 0.25) is 0 Å². The number of ether oxygens (including phenoxy) is 4. The molecule has 0 amide bonds. The number of methoxy groups -OCH3 is 1. The van der Waals surface area contributed by atoms with Crippen LogP contribution in [-0.4, -0.2) is 44.9 Å². The molecular formula is C18H24F3NO4. The Balaban J connectivity index is 1.50. The van der Waals surface area contributed by atoms with Crippen molar-refractivity contribution in [2.75, 3.05) is 26.9 Å². The van der Waals surface area contributed by atoms with Crippen LogP contribution < -0.4 is 14.8 Å². The number of rotatable bonds is 6. The Morgan fingerprint density at radius 3 is 2.46 bits per heavy atom. The maximum Gasteiger partial charge on any atom is 0.422 e.